The topological polar surface area (TPSA) is 41.3 Å². The van der Waals surface area contributed by atoms with E-state index in [0.29, 0.717) is 18.8 Å². The molecule has 0 heterocycles. The summed E-state index contributed by atoms with van der Waals surface area (Å²) in [6.07, 6.45) is -4.39. The van der Waals surface area contributed by atoms with Gasteiger partial charge in [-0.05, 0) is 44.3 Å². The van der Waals surface area contributed by atoms with Crippen molar-refractivity contribution in [2.75, 3.05) is 23.3 Å². The molecule has 1 rings (SSSR count). The number of hydrogen-bond donors (Lipinski definition) is 2. The van der Waals surface area contributed by atoms with E-state index in [2.05, 4.69) is 5.32 Å². The summed E-state index contributed by atoms with van der Waals surface area (Å²) < 4.78 is 38.1. The molecule has 0 amide bonds. The van der Waals surface area contributed by atoms with Crippen LogP contribution in [0.25, 0.3) is 0 Å². The molecule has 3 nitrogen and oxygen atoms in total. The molecular weight excluding hydrogens is 275 g/mol. The van der Waals surface area contributed by atoms with E-state index < -0.39 is 11.7 Å². The minimum absolute atomic E-state index is 0.0623. The van der Waals surface area contributed by atoms with Gasteiger partial charge in [-0.2, -0.15) is 13.2 Å². The van der Waals surface area contributed by atoms with Crippen molar-refractivity contribution >= 4 is 28.7 Å². The third-order valence-corrected chi connectivity index (χ3v) is 2.79. The predicted molar refractivity (Wildman–Crippen MR) is 75.4 cm³/mol. The number of alkyl halides is 3. The second-order valence-electron chi connectivity index (χ2n) is 3.89. The smallest absolute Gasteiger partial charge is 0.376 e. The highest BCUT2D eigenvalue weighted by atomic mass is 32.1. The van der Waals surface area contributed by atoms with Gasteiger partial charge in [0.1, 0.15) is 0 Å². The van der Waals surface area contributed by atoms with E-state index in [-0.39, 0.29) is 10.8 Å². The Balaban J connectivity index is 3.27. The van der Waals surface area contributed by atoms with Crippen molar-refractivity contribution in [3.05, 3.63) is 23.8 Å². The molecule has 0 bridgehead atoms. The van der Waals surface area contributed by atoms with Crippen molar-refractivity contribution in [3.8, 4) is 0 Å². The number of thiocarbonyl (C=S) groups is 1. The minimum atomic E-state index is -4.39. The van der Waals surface area contributed by atoms with E-state index >= 15 is 0 Å². The van der Waals surface area contributed by atoms with Gasteiger partial charge in [-0.1, -0.05) is 0 Å². The van der Waals surface area contributed by atoms with E-state index in [1.54, 1.807) is 0 Å². The number of hydrogen-bond acceptors (Lipinski definition) is 2. The van der Waals surface area contributed by atoms with E-state index in [0.717, 1.165) is 12.1 Å². The van der Waals surface area contributed by atoms with Crippen LogP contribution in [0.3, 0.4) is 0 Å². The zero-order valence-corrected chi connectivity index (χ0v) is 11.5. The monoisotopic (exact) mass is 291 g/mol. The molecule has 0 saturated heterocycles. The number of halogens is 3. The predicted octanol–water partition coefficient (Wildman–Crippen LogP) is 3.21. The Morgan fingerprint density at radius 2 is 1.89 bits per heavy atom. The Bertz CT molecular complexity index is 456. The van der Waals surface area contributed by atoms with Gasteiger partial charge < -0.3 is 16.0 Å². The summed E-state index contributed by atoms with van der Waals surface area (Å²) in [5, 5.41) is 2.54. The zero-order valence-electron chi connectivity index (χ0n) is 10.7. The van der Waals surface area contributed by atoms with E-state index in [1.165, 1.54) is 6.07 Å². The highest BCUT2D eigenvalue weighted by Gasteiger charge is 2.31. The lowest BCUT2D eigenvalue weighted by Gasteiger charge is -2.25. The maximum absolute atomic E-state index is 12.7. The quantitative estimate of drug-likeness (QED) is 0.836. The molecule has 0 unspecified atom stereocenters. The Labute approximate surface area is 115 Å². The van der Waals surface area contributed by atoms with Crippen LogP contribution >= 0.6 is 12.2 Å². The molecule has 0 aliphatic carbocycles. The number of nitrogens with zero attached hydrogens (tertiary/aromatic N) is 1. The van der Waals surface area contributed by atoms with Crippen molar-refractivity contribution in [1.29, 1.82) is 0 Å². The molecule has 0 saturated carbocycles. The third-order valence-electron chi connectivity index (χ3n) is 2.69. The molecule has 1 aromatic rings. The summed E-state index contributed by atoms with van der Waals surface area (Å²) in [5.74, 6) is 0. The Hall–Kier alpha value is -1.50. The fourth-order valence-corrected chi connectivity index (χ4v) is 1.90. The molecule has 0 aliphatic heterocycles. The molecule has 0 atom stereocenters. The Morgan fingerprint density at radius 1 is 1.32 bits per heavy atom. The van der Waals surface area contributed by atoms with Gasteiger partial charge in [-0.3, -0.25) is 0 Å². The SMILES string of the molecule is CCN(CC)c1ccc(C(F)(F)F)cc1NC(N)=S. The summed E-state index contributed by atoms with van der Waals surface area (Å²) in [7, 11) is 0. The van der Waals surface area contributed by atoms with Crippen LogP contribution in [0.15, 0.2) is 18.2 Å². The maximum Gasteiger partial charge on any atom is 0.416 e. The van der Waals surface area contributed by atoms with Crippen molar-refractivity contribution in [2.45, 2.75) is 20.0 Å². The van der Waals surface area contributed by atoms with E-state index in [4.69, 9.17) is 18.0 Å². The molecule has 0 spiro atoms. The van der Waals surface area contributed by atoms with Crippen LogP contribution in [-0.2, 0) is 6.18 Å². The summed E-state index contributed by atoms with van der Waals surface area (Å²) in [4.78, 5) is 1.92. The van der Waals surface area contributed by atoms with Crippen LogP contribution < -0.4 is 16.0 Å². The van der Waals surface area contributed by atoms with Crippen LogP contribution in [0.5, 0.6) is 0 Å². The Kier molecular flexibility index (Phi) is 4.99. The number of nitrogens with two attached hydrogens (primary N) is 1. The van der Waals surface area contributed by atoms with Gasteiger partial charge in [0.05, 0.1) is 16.9 Å². The van der Waals surface area contributed by atoms with Gasteiger partial charge in [0.2, 0.25) is 0 Å². The number of anilines is 2. The van der Waals surface area contributed by atoms with Crippen molar-refractivity contribution in [3.63, 3.8) is 0 Å². The second kappa shape index (κ2) is 6.10. The van der Waals surface area contributed by atoms with Gasteiger partial charge in [0.15, 0.2) is 5.11 Å². The second-order valence-corrected chi connectivity index (χ2v) is 4.33. The average Bonchev–Trinajstić information content (AvgIpc) is 2.30. The lowest BCUT2D eigenvalue weighted by Crippen LogP contribution is -2.26. The molecule has 0 fully saturated rings. The highest BCUT2D eigenvalue weighted by molar-refractivity contribution is 7.80. The molecule has 106 valence electrons. The lowest BCUT2D eigenvalue weighted by atomic mass is 10.1. The van der Waals surface area contributed by atoms with Crippen LogP contribution in [0.4, 0.5) is 24.5 Å². The fourth-order valence-electron chi connectivity index (χ4n) is 1.79. The normalized spacial score (nSPS) is 11.2. The average molecular weight is 291 g/mol. The molecule has 0 radical (unpaired) electrons. The maximum atomic E-state index is 12.7. The van der Waals surface area contributed by atoms with Gasteiger partial charge in [0.25, 0.3) is 0 Å². The molecular formula is C12H16F3N3S. The van der Waals surface area contributed by atoms with Crippen LogP contribution in [0, 0.1) is 0 Å². The first-order valence-electron chi connectivity index (χ1n) is 5.82. The standard InChI is InChI=1S/C12H16F3N3S/c1-3-18(4-2)10-6-5-8(12(13,14)15)7-9(10)17-11(16)19/h5-7H,3-4H2,1-2H3,(H3,16,17,19). The molecule has 0 aliphatic rings. The third kappa shape index (κ3) is 3.99. The van der Waals surface area contributed by atoms with Gasteiger partial charge >= 0.3 is 6.18 Å². The Morgan fingerprint density at radius 3 is 2.32 bits per heavy atom. The van der Waals surface area contributed by atoms with E-state index in [9.17, 15) is 13.2 Å². The molecule has 0 aromatic heterocycles. The lowest BCUT2D eigenvalue weighted by molar-refractivity contribution is -0.137. The first-order chi connectivity index (χ1) is 8.79. The molecule has 1 aromatic carbocycles. The largest absolute Gasteiger partial charge is 0.416 e. The number of benzene rings is 1. The van der Waals surface area contributed by atoms with Crippen molar-refractivity contribution < 1.29 is 13.2 Å². The van der Waals surface area contributed by atoms with Crippen LogP contribution in [0.1, 0.15) is 19.4 Å². The minimum Gasteiger partial charge on any atom is -0.376 e. The van der Waals surface area contributed by atoms with Gasteiger partial charge in [0, 0.05) is 13.1 Å². The van der Waals surface area contributed by atoms with Crippen molar-refractivity contribution in [1.82, 2.24) is 0 Å². The zero-order chi connectivity index (χ0) is 14.6. The van der Waals surface area contributed by atoms with Gasteiger partial charge in [-0.25, -0.2) is 0 Å². The van der Waals surface area contributed by atoms with Crippen LogP contribution in [-0.4, -0.2) is 18.2 Å². The summed E-state index contributed by atoms with van der Waals surface area (Å²) in [6, 6.07) is 3.50. The highest BCUT2D eigenvalue weighted by Crippen LogP contribution is 2.35. The molecule has 19 heavy (non-hydrogen) atoms. The molecule has 7 heteroatoms. The summed E-state index contributed by atoms with van der Waals surface area (Å²) in [5.41, 5.74) is 5.54. The van der Waals surface area contributed by atoms with E-state index in [1.807, 2.05) is 18.7 Å². The number of rotatable bonds is 4. The first-order valence-corrected chi connectivity index (χ1v) is 6.23. The first kappa shape index (κ1) is 15.6. The van der Waals surface area contributed by atoms with Gasteiger partial charge in [-0.15, -0.1) is 0 Å². The van der Waals surface area contributed by atoms with Crippen molar-refractivity contribution in [2.24, 2.45) is 5.73 Å². The number of nitrogens with one attached hydrogen (secondary N) is 1. The van der Waals surface area contributed by atoms with Crippen LogP contribution in [0.2, 0.25) is 0 Å². The fraction of sp³-hybridized carbons (Fsp3) is 0.417. The summed E-state index contributed by atoms with van der Waals surface area (Å²) >= 11 is 4.70. The molecule has 3 N–H and O–H groups in total. The summed E-state index contributed by atoms with van der Waals surface area (Å²) in [6.45, 7) is 5.19.